The van der Waals surface area contributed by atoms with Crippen LogP contribution in [0.5, 0.6) is 0 Å². The fourth-order valence-corrected chi connectivity index (χ4v) is 2.28. The minimum Gasteiger partial charge on any atom is -0.397 e. The van der Waals surface area contributed by atoms with Crippen molar-refractivity contribution < 1.29 is 0 Å². The van der Waals surface area contributed by atoms with Gasteiger partial charge in [-0.25, -0.2) is 4.98 Å². The largest absolute Gasteiger partial charge is 0.397 e. The van der Waals surface area contributed by atoms with Crippen LogP contribution >= 0.6 is 0 Å². The van der Waals surface area contributed by atoms with E-state index in [4.69, 9.17) is 5.73 Å². The maximum absolute atomic E-state index is 6.19. The van der Waals surface area contributed by atoms with Gasteiger partial charge < -0.3 is 15.6 Å². The molecule has 3 rings (SSSR count). The second-order valence-corrected chi connectivity index (χ2v) is 4.73. The number of pyridine rings is 1. The van der Waals surface area contributed by atoms with Gasteiger partial charge in [0, 0.05) is 44.0 Å². The number of nitrogens with two attached hydrogens (primary N) is 1. The molecule has 0 aliphatic heterocycles. The van der Waals surface area contributed by atoms with Crippen LogP contribution < -0.4 is 11.1 Å². The van der Waals surface area contributed by atoms with Crippen molar-refractivity contribution in [2.24, 2.45) is 7.05 Å². The van der Waals surface area contributed by atoms with E-state index in [2.05, 4.69) is 15.3 Å². The van der Waals surface area contributed by atoms with Crippen molar-refractivity contribution in [2.75, 3.05) is 17.6 Å². The van der Waals surface area contributed by atoms with Crippen LogP contribution in [0, 0.1) is 0 Å². The number of hydrogen-bond donors (Lipinski definition) is 2. The number of nitrogen functional groups attached to an aromatic ring is 1. The van der Waals surface area contributed by atoms with Crippen molar-refractivity contribution in [1.82, 2.24) is 14.5 Å². The van der Waals surface area contributed by atoms with Crippen molar-refractivity contribution in [2.45, 2.75) is 6.42 Å². The lowest BCUT2D eigenvalue weighted by Gasteiger charge is -2.11. The highest BCUT2D eigenvalue weighted by atomic mass is 15.0. The lowest BCUT2D eigenvalue weighted by atomic mass is 10.1. The lowest BCUT2D eigenvalue weighted by Crippen LogP contribution is -2.10. The molecular formula is C15H17N5. The second-order valence-electron chi connectivity index (χ2n) is 4.73. The molecule has 1 aromatic carbocycles. The number of imidazole rings is 1. The summed E-state index contributed by atoms with van der Waals surface area (Å²) in [5.74, 6) is 1.05. The van der Waals surface area contributed by atoms with Crippen LogP contribution in [0.3, 0.4) is 0 Å². The standard InChI is InChI=1S/C15H17N5/c1-20-10-9-19-14(20)6-8-18-13-5-4-12-11(15(13)16)3-2-7-17-12/h2-5,7,9-10,18H,6,8,16H2,1H3. The predicted molar refractivity (Wildman–Crippen MR) is 81.6 cm³/mol. The first-order valence-electron chi connectivity index (χ1n) is 6.59. The summed E-state index contributed by atoms with van der Waals surface area (Å²) in [7, 11) is 2.00. The molecule has 0 unspecified atom stereocenters. The number of nitrogens with zero attached hydrogens (tertiary/aromatic N) is 3. The number of anilines is 2. The zero-order valence-electron chi connectivity index (χ0n) is 11.4. The van der Waals surface area contributed by atoms with E-state index in [1.54, 1.807) is 6.20 Å². The number of fused-ring (bicyclic) bond motifs is 1. The van der Waals surface area contributed by atoms with E-state index >= 15 is 0 Å². The van der Waals surface area contributed by atoms with E-state index in [-0.39, 0.29) is 0 Å². The van der Waals surface area contributed by atoms with E-state index in [0.717, 1.165) is 41.1 Å². The SMILES string of the molecule is Cn1ccnc1CCNc1ccc2ncccc2c1N. The van der Waals surface area contributed by atoms with Crippen LogP contribution in [0.25, 0.3) is 10.9 Å². The number of benzene rings is 1. The molecule has 0 saturated heterocycles. The maximum atomic E-state index is 6.19. The molecule has 0 saturated carbocycles. The molecule has 2 heterocycles. The molecule has 20 heavy (non-hydrogen) atoms. The predicted octanol–water partition coefficient (Wildman–Crippen LogP) is 2.21. The molecule has 2 aromatic heterocycles. The first-order valence-corrected chi connectivity index (χ1v) is 6.59. The molecule has 0 aliphatic rings. The molecule has 0 radical (unpaired) electrons. The number of rotatable bonds is 4. The van der Waals surface area contributed by atoms with E-state index in [1.165, 1.54) is 0 Å². The topological polar surface area (TPSA) is 68.8 Å². The average molecular weight is 267 g/mol. The number of aryl methyl sites for hydroxylation is 1. The van der Waals surface area contributed by atoms with Crippen LogP contribution in [-0.2, 0) is 13.5 Å². The van der Waals surface area contributed by atoms with Gasteiger partial charge in [0.2, 0.25) is 0 Å². The number of aromatic nitrogens is 3. The summed E-state index contributed by atoms with van der Waals surface area (Å²) in [4.78, 5) is 8.60. The molecule has 0 aliphatic carbocycles. The van der Waals surface area contributed by atoms with E-state index < -0.39 is 0 Å². The molecule has 0 amide bonds. The monoisotopic (exact) mass is 267 g/mol. The highest BCUT2D eigenvalue weighted by Crippen LogP contribution is 2.27. The first-order chi connectivity index (χ1) is 9.75. The molecule has 3 N–H and O–H groups in total. The smallest absolute Gasteiger partial charge is 0.110 e. The van der Waals surface area contributed by atoms with E-state index in [9.17, 15) is 0 Å². The molecule has 3 aromatic rings. The van der Waals surface area contributed by atoms with Gasteiger partial charge in [0.05, 0.1) is 16.9 Å². The highest BCUT2D eigenvalue weighted by Gasteiger charge is 2.05. The van der Waals surface area contributed by atoms with Gasteiger partial charge in [-0.3, -0.25) is 4.98 Å². The third-order valence-electron chi connectivity index (χ3n) is 3.41. The molecule has 5 nitrogen and oxygen atoms in total. The van der Waals surface area contributed by atoms with E-state index in [0.29, 0.717) is 0 Å². The van der Waals surface area contributed by atoms with Crippen molar-refractivity contribution in [3.63, 3.8) is 0 Å². The normalized spacial score (nSPS) is 10.8. The van der Waals surface area contributed by atoms with Crippen molar-refractivity contribution in [3.8, 4) is 0 Å². The first kappa shape index (κ1) is 12.5. The Hall–Kier alpha value is -2.56. The summed E-state index contributed by atoms with van der Waals surface area (Å²) in [6.07, 6.45) is 6.39. The van der Waals surface area contributed by atoms with Crippen molar-refractivity contribution >= 4 is 22.3 Å². The Morgan fingerprint density at radius 2 is 2.10 bits per heavy atom. The Kier molecular flexibility index (Phi) is 3.25. The fraction of sp³-hybridized carbons (Fsp3) is 0.200. The molecule has 0 spiro atoms. The molecular weight excluding hydrogens is 250 g/mol. The highest BCUT2D eigenvalue weighted by molar-refractivity contribution is 5.96. The van der Waals surface area contributed by atoms with Gasteiger partial charge in [-0.15, -0.1) is 0 Å². The minimum absolute atomic E-state index is 0.746. The molecule has 0 bridgehead atoms. The van der Waals surface area contributed by atoms with Crippen LogP contribution in [0.15, 0.2) is 42.9 Å². The van der Waals surface area contributed by atoms with Crippen LogP contribution in [0.1, 0.15) is 5.82 Å². The summed E-state index contributed by atoms with van der Waals surface area (Å²) in [5.41, 5.74) is 8.79. The Morgan fingerprint density at radius 1 is 1.20 bits per heavy atom. The van der Waals surface area contributed by atoms with Gasteiger partial charge in [0.15, 0.2) is 0 Å². The Balaban J connectivity index is 1.75. The van der Waals surface area contributed by atoms with Gasteiger partial charge in [0.1, 0.15) is 5.82 Å². The minimum atomic E-state index is 0.746. The third kappa shape index (κ3) is 2.30. The Bertz CT molecular complexity index is 732. The van der Waals surface area contributed by atoms with Crippen LogP contribution in [-0.4, -0.2) is 21.1 Å². The molecule has 5 heteroatoms. The summed E-state index contributed by atoms with van der Waals surface area (Å²) in [6, 6.07) is 7.84. The van der Waals surface area contributed by atoms with Gasteiger partial charge >= 0.3 is 0 Å². The van der Waals surface area contributed by atoms with Gasteiger partial charge in [-0.05, 0) is 24.3 Å². The summed E-state index contributed by atoms with van der Waals surface area (Å²) in [5, 5.41) is 4.35. The Labute approximate surface area is 117 Å². The zero-order chi connectivity index (χ0) is 13.9. The van der Waals surface area contributed by atoms with Gasteiger partial charge in [-0.2, -0.15) is 0 Å². The van der Waals surface area contributed by atoms with Gasteiger partial charge in [0.25, 0.3) is 0 Å². The molecule has 102 valence electrons. The van der Waals surface area contributed by atoms with Crippen LogP contribution in [0.2, 0.25) is 0 Å². The van der Waals surface area contributed by atoms with Crippen LogP contribution in [0.4, 0.5) is 11.4 Å². The second kappa shape index (κ2) is 5.21. The third-order valence-corrected chi connectivity index (χ3v) is 3.41. The summed E-state index contributed by atoms with van der Waals surface area (Å²) < 4.78 is 2.02. The molecule has 0 fully saturated rings. The molecule has 0 atom stereocenters. The van der Waals surface area contributed by atoms with E-state index in [1.807, 2.05) is 48.3 Å². The lowest BCUT2D eigenvalue weighted by molar-refractivity contribution is 0.790. The van der Waals surface area contributed by atoms with Crippen molar-refractivity contribution in [3.05, 3.63) is 48.7 Å². The van der Waals surface area contributed by atoms with Gasteiger partial charge in [-0.1, -0.05) is 0 Å². The fourth-order valence-electron chi connectivity index (χ4n) is 2.28. The average Bonchev–Trinajstić information content (AvgIpc) is 2.87. The quantitative estimate of drug-likeness (QED) is 0.711. The van der Waals surface area contributed by atoms with Crippen molar-refractivity contribution in [1.29, 1.82) is 0 Å². The zero-order valence-corrected chi connectivity index (χ0v) is 11.4. The maximum Gasteiger partial charge on any atom is 0.110 e. The number of nitrogens with one attached hydrogen (secondary N) is 1. The number of hydrogen-bond acceptors (Lipinski definition) is 4. The Morgan fingerprint density at radius 3 is 2.90 bits per heavy atom. The summed E-state index contributed by atoms with van der Waals surface area (Å²) >= 11 is 0. The summed E-state index contributed by atoms with van der Waals surface area (Å²) in [6.45, 7) is 0.792.